The quantitative estimate of drug-likeness (QED) is 0.143. The lowest BCUT2D eigenvalue weighted by molar-refractivity contribution is -0.137. The minimum atomic E-state index is -4.87. The van der Waals surface area contributed by atoms with E-state index in [9.17, 15) is 31.2 Å². The number of nitrogens with one attached hydrogen (secondary N) is 3. The number of carbonyl (C=O) groups is 2. The molecule has 0 aliphatic carbocycles. The SMILES string of the molecule is CC(C)(C)OC(=O)NCCOCCOCCNC(=O)c1ccc(Oc2ccc(Cl)cc2NS(=O)(=O)c2ccc(Cl)c(C(F)(F)F)c2)cc1. The van der Waals surface area contributed by atoms with Crippen molar-refractivity contribution in [3.8, 4) is 11.5 Å². The highest BCUT2D eigenvalue weighted by Crippen LogP contribution is 2.37. The number of benzene rings is 3. The normalized spacial score (nSPS) is 11.9. The standard InChI is InChI=1S/C31H34Cl2F3N3O8S/c1-30(2,3)47-29(41)38-13-15-45-17-16-44-14-12-37-28(40)20-4-7-22(8-5-20)46-27-11-6-21(32)18-26(27)39-48(42,43)23-9-10-25(33)24(19-23)31(34,35)36/h4-11,18-19,39H,12-17H2,1-3H3,(H,37,40)(H,38,41). The first kappa shape index (κ1) is 38.7. The number of alkyl halides is 3. The molecule has 0 aliphatic rings. The van der Waals surface area contributed by atoms with Gasteiger partial charge in [-0.2, -0.15) is 13.2 Å². The second-order valence-electron chi connectivity index (χ2n) is 10.9. The molecule has 0 saturated carbocycles. The lowest BCUT2D eigenvalue weighted by Gasteiger charge is -2.19. The molecular formula is C31H34Cl2F3N3O8S. The van der Waals surface area contributed by atoms with Gasteiger partial charge in [0.2, 0.25) is 0 Å². The van der Waals surface area contributed by atoms with Gasteiger partial charge in [-0.05, 0) is 81.4 Å². The van der Waals surface area contributed by atoms with Gasteiger partial charge in [-0.25, -0.2) is 13.2 Å². The zero-order valence-electron chi connectivity index (χ0n) is 26.1. The van der Waals surface area contributed by atoms with Gasteiger partial charge in [-0.15, -0.1) is 0 Å². The third-order valence-corrected chi connectivity index (χ3v) is 7.83. The van der Waals surface area contributed by atoms with Gasteiger partial charge >= 0.3 is 12.3 Å². The number of carbonyl (C=O) groups excluding carboxylic acids is 2. The zero-order valence-corrected chi connectivity index (χ0v) is 28.4. The minimum Gasteiger partial charge on any atom is -0.455 e. The Morgan fingerprint density at radius 1 is 0.812 bits per heavy atom. The Kier molecular flexibility index (Phi) is 13.8. The van der Waals surface area contributed by atoms with Crippen molar-refractivity contribution in [2.24, 2.45) is 0 Å². The summed E-state index contributed by atoms with van der Waals surface area (Å²) in [5.74, 6) is -0.161. The number of alkyl carbamates (subject to hydrolysis) is 1. The monoisotopic (exact) mass is 735 g/mol. The first-order chi connectivity index (χ1) is 22.4. The molecule has 0 bridgehead atoms. The summed E-state index contributed by atoms with van der Waals surface area (Å²) in [7, 11) is -4.53. The third kappa shape index (κ3) is 12.7. The van der Waals surface area contributed by atoms with Crippen LogP contribution in [0.5, 0.6) is 11.5 Å². The van der Waals surface area contributed by atoms with Crippen LogP contribution < -0.4 is 20.1 Å². The van der Waals surface area contributed by atoms with E-state index in [-0.39, 0.29) is 61.0 Å². The fourth-order valence-electron chi connectivity index (χ4n) is 3.76. The maximum atomic E-state index is 13.3. The Labute approximate surface area is 286 Å². The second-order valence-corrected chi connectivity index (χ2v) is 13.4. The topological polar surface area (TPSA) is 141 Å². The van der Waals surface area contributed by atoms with E-state index in [1.165, 1.54) is 42.5 Å². The van der Waals surface area contributed by atoms with Crippen molar-refractivity contribution < 1.29 is 50.1 Å². The molecule has 0 aliphatic heterocycles. The highest BCUT2D eigenvalue weighted by Gasteiger charge is 2.34. The molecule has 17 heteroatoms. The number of amides is 2. The fourth-order valence-corrected chi connectivity index (χ4v) is 5.25. The van der Waals surface area contributed by atoms with Gasteiger partial charge in [0.25, 0.3) is 15.9 Å². The van der Waals surface area contributed by atoms with Crippen LogP contribution in [0, 0.1) is 0 Å². The second kappa shape index (κ2) is 17.1. The van der Waals surface area contributed by atoms with E-state index in [2.05, 4.69) is 15.4 Å². The van der Waals surface area contributed by atoms with Crippen molar-refractivity contribution in [3.63, 3.8) is 0 Å². The van der Waals surface area contributed by atoms with E-state index in [4.69, 9.17) is 42.1 Å². The predicted molar refractivity (Wildman–Crippen MR) is 173 cm³/mol. The first-order valence-corrected chi connectivity index (χ1v) is 16.6. The van der Waals surface area contributed by atoms with Crippen LogP contribution in [0.15, 0.2) is 65.6 Å². The molecule has 0 atom stereocenters. The zero-order chi connectivity index (χ0) is 35.5. The van der Waals surface area contributed by atoms with Crippen molar-refractivity contribution in [2.45, 2.75) is 37.4 Å². The van der Waals surface area contributed by atoms with Gasteiger partial charge in [0.1, 0.15) is 11.4 Å². The number of sulfonamides is 1. The number of rotatable bonds is 15. The smallest absolute Gasteiger partial charge is 0.417 e. The third-order valence-electron chi connectivity index (χ3n) is 5.90. The Bertz CT molecular complexity index is 1670. The molecule has 0 unspecified atom stereocenters. The van der Waals surface area contributed by atoms with Crippen molar-refractivity contribution in [1.82, 2.24) is 10.6 Å². The summed E-state index contributed by atoms with van der Waals surface area (Å²) >= 11 is 11.7. The summed E-state index contributed by atoms with van der Waals surface area (Å²) in [5.41, 5.74) is -1.72. The molecule has 3 aromatic carbocycles. The Morgan fingerprint density at radius 3 is 2.04 bits per heavy atom. The lowest BCUT2D eigenvalue weighted by atomic mass is 10.2. The van der Waals surface area contributed by atoms with E-state index < -0.39 is 43.4 Å². The average molecular weight is 737 g/mol. The van der Waals surface area contributed by atoms with Crippen molar-refractivity contribution >= 4 is 50.9 Å². The van der Waals surface area contributed by atoms with Crippen molar-refractivity contribution in [2.75, 3.05) is 44.2 Å². The molecule has 3 rings (SSSR count). The number of hydrogen-bond acceptors (Lipinski definition) is 8. The minimum absolute atomic E-state index is 0.00869. The highest BCUT2D eigenvalue weighted by atomic mass is 35.5. The van der Waals surface area contributed by atoms with Crippen LogP contribution in [0.1, 0.15) is 36.7 Å². The fraction of sp³-hybridized carbons (Fsp3) is 0.355. The molecule has 0 spiro atoms. The average Bonchev–Trinajstić information content (AvgIpc) is 2.98. The van der Waals surface area contributed by atoms with Crippen LogP contribution >= 0.6 is 23.2 Å². The van der Waals surface area contributed by atoms with Crippen molar-refractivity contribution in [1.29, 1.82) is 0 Å². The van der Waals surface area contributed by atoms with Crippen LogP contribution in [0.4, 0.5) is 23.7 Å². The molecular weight excluding hydrogens is 702 g/mol. The molecule has 262 valence electrons. The summed E-state index contributed by atoms with van der Waals surface area (Å²) in [5, 5.41) is 4.76. The maximum absolute atomic E-state index is 13.3. The molecule has 0 fully saturated rings. The van der Waals surface area contributed by atoms with E-state index in [0.29, 0.717) is 18.2 Å². The summed E-state index contributed by atoms with van der Waals surface area (Å²) in [6.45, 7) is 6.90. The largest absolute Gasteiger partial charge is 0.455 e. The lowest BCUT2D eigenvalue weighted by Crippen LogP contribution is -2.34. The molecule has 3 aromatic rings. The number of anilines is 1. The first-order valence-electron chi connectivity index (χ1n) is 14.3. The number of hydrogen-bond donors (Lipinski definition) is 3. The molecule has 48 heavy (non-hydrogen) atoms. The van der Waals surface area contributed by atoms with Gasteiger partial charge in [-0.3, -0.25) is 9.52 Å². The van der Waals surface area contributed by atoms with Gasteiger partial charge in [0.05, 0.1) is 47.6 Å². The molecule has 2 amide bonds. The maximum Gasteiger partial charge on any atom is 0.417 e. The highest BCUT2D eigenvalue weighted by molar-refractivity contribution is 7.92. The van der Waals surface area contributed by atoms with Gasteiger partial charge in [0.15, 0.2) is 5.75 Å². The number of halogens is 5. The van der Waals surface area contributed by atoms with Crippen LogP contribution in [-0.4, -0.2) is 65.5 Å². The predicted octanol–water partition coefficient (Wildman–Crippen LogP) is 6.89. The van der Waals surface area contributed by atoms with E-state index in [1.54, 1.807) is 20.8 Å². The van der Waals surface area contributed by atoms with Gasteiger partial charge < -0.3 is 29.6 Å². The van der Waals surface area contributed by atoms with E-state index in [1.807, 2.05) is 0 Å². The Balaban J connectivity index is 1.47. The van der Waals surface area contributed by atoms with E-state index >= 15 is 0 Å². The van der Waals surface area contributed by atoms with Crippen LogP contribution in [0.2, 0.25) is 10.0 Å². The Hall–Kier alpha value is -3.76. The van der Waals surface area contributed by atoms with Crippen LogP contribution in [-0.2, 0) is 30.4 Å². The summed E-state index contributed by atoms with van der Waals surface area (Å²) in [4.78, 5) is 23.4. The molecule has 0 saturated heterocycles. The molecule has 0 radical (unpaired) electrons. The molecule has 3 N–H and O–H groups in total. The van der Waals surface area contributed by atoms with E-state index in [0.717, 1.165) is 12.1 Å². The molecule has 0 aromatic heterocycles. The number of ether oxygens (including phenoxy) is 4. The van der Waals surface area contributed by atoms with Crippen molar-refractivity contribution in [3.05, 3.63) is 81.8 Å². The molecule has 11 nitrogen and oxygen atoms in total. The summed E-state index contributed by atoms with van der Waals surface area (Å²) in [6, 6.07) is 12.2. The summed E-state index contributed by atoms with van der Waals surface area (Å²) < 4.78 is 89.8. The molecule has 0 heterocycles. The van der Waals surface area contributed by atoms with Gasteiger partial charge in [-0.1, -0.05) is 23.2 Å². The Morgan fingerprint density at radius 2 is 1.44 bits per heavy atom. The van der Waals surface area contributed by atoms with Crippen LogP contribution in [0.25, 0.3) is 0 Å². The van der Waals surface area contributed by atoms with Gasteiger partial charge in [0, 0.05) is 23.7 Å². The van der Waals surface area contributed by atoms with Crippen LogP contribution in [0.3, 0.4) is 0 Å². The summed E-state index contributed by atoms with van der Waals surface area (Å²) in [6.07, 6.45) is -5.40.